The summed E-state index contributed by atoms with van der Waals surface area (Å²) >= 11 is 5.93. The molecule has 0 amide bonds. The van der Waals surface area contributed by atoms with Crippen LogP contribution < -0.4 is 0 Å². The highest BCUT2D eigenvalue weighted by Crippen LogP contribution is 2.33. The highest BCUT2D eigenvalue weighted by Gasteiger charge is 2.38. The molecule has 0 N–H and O–H groups in total. The zero-order chi connectivity index (χ0) is 12.5. The van der Waals surface area contributed by atoms with Crippen molar-refractivity contribution in [1.29, 1.82) is 0 Å². The van der Waals surface area contributed by atoms with E-state index in [0.717, 1.165) is 19.3 Å². The SMILES string of the molecule is CCCN(C1CC1)S(=O)(=O)c1cnccc1Cl. The molecule has 17 heavy (non-hydrogen) atoms. The number of halogens is 1. The number of nitrogens with zero attached hydrogens (tertiary/aromatic N) is 2. The predicted octanol–water partition coefficient (Wildman–Crippen LogP) is 2.30. The number of hydrogen-bond acceptors (Lipinski definition) is 3. The Bertz CT molecular complexity index is 500. The normalized spacial score (nSPS) is 16.4. The molecule has 1 heterocycles. The van der Waals surface area contributed by atoms with E-state index in [-0.39, 0.29) is 16.0 Å². The van der Waals surface area contributed by atoms with Crippen molar-refractivity contribution in [2.75, 3.05) is 6.54 Å². The summed E-state index contributed by atoms with van der Waals surface area (Å²) in [6.45, 7) is 2.51. The molecular formula is C11H15ClN2O2S. The second-order valence-electron chi connectivity index (χ2n) is 4.15. The molecule has 1 aromatic rings. The minimum atomic E-state index is -3.49. The zero-order valence-electron chi connectivity index (χ0n) is 9.63. The Morgan fingerprint density at radius 2 is 2.24 bits per heavy atom. The Labute approximate surface area is 107 Å². The fourth-order valence-electron chi connectivity index (χ4n) is 1.76. The summed E-state index contributed by atoms with van der Waals surface area (Å²) < 4.78 is 26.4. The monoisotopic (exact) mass is 274 g/mol. The van der Waals surface area contributed by atoms with Crippen LogP contribution in [0.2, 0.25) is 5.02 Å². The second kappa shape index (κ2) is 4.92. The molecule has 1 fully saturated rings. The summed E-state index contributed by atoms with van der Waals surface area (Å²) in [6, 6.07) is 1.65. The van der Waals surface area contributed by atoms with Crippen molar-refractivity contribution in [1.82, 2.24) is 9.29 Å². The van der Waals surface area contributed by atoms with Gasteiger partial charge in [0.25, 0.3) is 0 Å². The number of aromatic nitrogens is 1. The highest BCUT2D eigenvalue weighted by molar-refractivity contribution is 7.89. The molecule has 2 rings (SSSR count). The minimum Gasteiger partial charge on any atom is -0.263 e. The number of rotatable bonds is 5. The average molecular weight is 275 g/mol. The van der Waals surface area contributed by atoms with Crippen LogP contribution in [0.25, 0.3) is 0 Å². The van der Waals surface area contributed by atoms with Crippen LogP contribution >= 0.6 is 11.6 Å². The summed E-state index contributed by atoms with van der Waals surface area (Å²) in [5, 5.41) is 0.238. The third-order valence-electron chi connectivity index (χ3n) is 2.72. The van der Waals surface area contributed by atoms with Crippen molar-refractivity contribution in [2.24, 2.45) is 0 Å². The Morgan fingerprint density at radius 1 is 1.53 bits per heavy atom. The van der Waals surface area contributed by atoms with Gasteiger partial charge in [0.2, 0.25) is 10.0 Å². The van der Waals surface area contributed by atoms with Crippen LogP contribution in [0.4, 0.5) is 0 Å². The van der Waals surface area contributed by atoms with Gasteiger partial charge in [-0.3, -0.25) is 4.98 Å². The highest BCUT2D eigenvalue weighted by atomic mass is 35.5. The molecule has 0 aromatic carbocycles. The van der Waals surface area contributed by atoms with Gasteiger partial charge in [0, 0.05) is 25.0 Å². The van der Waals surface area contributed by atoms with E-state index in [4.69, 9.17) is 11.6 Å². The Hall–Kier alpha value is -0.650. The Balaban J connectivity index is 2.37. The molecule has 4 nitrogen and oxygen atoms in total. The lowest BCUT2D eigenvalue weighted by Crippen LogP contribution is -2.34. The van der Waals surface area contributed by atoms with Gasteiger partial charge in [-0.25, -0.2) is 8.42 Å². The molecule has 1 aliphatic carbocycles. The molecule has 94 valence electrons. The first-order chi connectivity index (χ1) is 8.07. The molecule has 1 saturated carbocycles. The van der Waals surface area contributed by atoms with Gasteiger partial charge in [-0.1, -0.05) is 18.5 Å². The van der Waals surface area contributed by atoms with Crippen LogP contribution in [-0.4, -0.2) is 30.3 Å². The van der Waals surface area contributed by atoms with E-state index >= 15 is 0 Å². The van der Waals surface area contributed by atoms with Crippen molar-refractivity contribution in [3.63, 3.8) is 0 Å². The van der Waals surface area contributed by atoms with Crippen LogP contribution in [0, 0.1) is 0 Å². The van der Waals surface area contributed by atoms with Crippen molar-refractivity contribution < 1.29 is 8.42 Å². The van der Waals surface area contributed by atoms with Crippen LogP contribution in [0.3, 0.4) is 0 Å². The van der Waals surface area contributed by atoms with Crippen molar-refractivity contribution in [3.05, 3.63) is 23.5 Å². The standard InChI is InChI=1S/C11H15ClN2O2S/c1-2-7-14(9-3-4-9)17(15,16)11-8-13-6-5-10(11)12/h5-6,8-9H,2-4,7H2,1H3. The molecular weight excluding hydrogens is 260 g/mol. The van der Waals surface area contributed by atoms with Gasteiger partial charge in [-0.05, 0) is 25.3 Å². The molecule has 1 aliphatic rings. The first-order valence-corrected chi connectivity index (χ1v) is 7.50. The van der Waals surface area contributed by atoms with Crippen molar-refractivity contribution in [2.45, 2.75) is 37.1 Å². The maximum Gasteiger partial charge on any atom is 0.246 e. The van der Waals surface area contributed by atoms with Gasteiger partial charge < -0.3 is 0 Å². The smallest absolute Gasteiger partial charge is 0.246 e. The fraction of sp³-hybridized carbons (Fsp3) is 0.545. The molecule has 0 unspecified atom stereocenters. The van der Waals surface area contributed by atoms with E-state index < -0.39 is 10.0 Å². The maximum atomic E-state index is 12.4. The van der Waals surface area contributed by atoms with Crippen molar-refractivity contribution >= 4 is 21.6 Å². The first-order valence-electron chi connectivity index (χ1n) is 5.68. The lowest BCUT2D eigenvalue weighted by atomic mass is 10.5. The first kappa shape index (κ1) is 12.8. The molecule has 6 heteroatoms. The number of sulfonamides is 1. The predicted molar refractivity (Wildman–Crippen MR) is 66.5 cm³/mol. The van der Waals surface area contributed by atoms with E-state index in [0.29, 0.717) is 6.54 Å². The summed E-state index contributed by atoms with van der Waals surface area (Å²) in [4.78, 5) is 3.96. The van der Waals surface area contributed by atoms with Crippen molar-refractivity contribution in [3.8, 4) is 0 Å². The topological polar surface area (TPSA) is 50.3 Å². The molecule has 0 aliphatic heterocycles. The van der Waals surface area contributed by atoms with Crippen LogP contribution in [-0.2, 0) is 10.0 Å². The van der Waals surface area contributed by atoms with Gasteiger partial charge in [0.1, 0.15) is 4.90 Å². The zero-order valence-corrected chi connectivity index (χ0v) is 11.2. The minimum absolute atomic E-state index is 0.113. The molecule has 1 aromatic heterocycles. The van der Waals surface area contributed by atoms with Crippen LogP contribution in [0.5, 0.6) is 0 Å². The maximum absolute atomic E-state index is 12.4. The fourth-order valence-corrected chi connectivity index (χ4v) is 3.95. The van der Waals surface area contributed by atoms with Gasteiger partial charge >= 0.3 is 0 Å². The van der Waals surface area contributed by atoms with E-state index in [1.807, 2.05) is 6.92 Å². The van der Waals surface area contributed by atoms with Gasteiger partial charge in [-0.15, -0.1) is 0 Å². The third-order valence-corrected chi connectivity index (χ3v) is 5.14. The lowest BCUT2D eigenvalue weighted by Gasteiger charge is -2.21. The molecule has 0 spiro atoms. The summed E-state index contributed by atoms with van der Waals surface area (Å²) in [7, 11) is -3.49. The summed E-state index contributed by atoms with van der Waals surface area (Å²) in [5.41, 5.74) is 0. The largest absolute Gasteiger partial charge is 0.263 e. The Kier molecular flexibility index (Phi) is 3.70. The van der Waals surface area contributed by atoms with E-state index in [1.165, 1.54) is 18.5 Å². The molecule has 0 radical (unpaired) electrons. The third kappa shape index (κ3) is 2.61. The molecule has 0 saturated heterocycles. The molecule has 0 bridgehead atoms. The lowest BCUT2D eigenvalue weighted by molar-refractivity contribution is 0.403. The van der Waals surface area contributed by atoms with Gasteiger partial charge in [0.15, 0.2) is 0 Å². The molecule has 0 atom stereocenters. The van der Waals surface area contributed by atoms with E-state index in [1.54, 1.807) is 4.31 Å². The Morgan fingerprint density at radius 3 is 2.76 bits per heavy atom. The van der Waals surface area contributed by atoms with Crippen LogP contribution in [0.1, 0.15) is 26.2 Å². The summed E-state index contributed by atoms with van der Waals surface area (Å²) in [6.07, 6.45) is 5.49. The van der Waals surface area contributed by atoms with E-state index in [2.05, 4.69) is 4.98 Å². The second-order valence-corrected chi connectivity index (χ2v) is 6.42. The van der Waals surface area contributed by atoms with Gasteiger partial charge in [-0.2, -0.15) is 4.31 Å². The number of pyridine rings is 1. The van der Waals surface area contributed by atoms with Crippen LogP contribution in [0.15, 0.2) is 23.4 Å². The van der Waals surface area contributed by atoms with E-state index in [9.17, 15) is 8.42 Å². The number of hydrogen-bond donors (Lipinski definition) is 0. The average Bonchev–Trinajstić information content (AvgIpc) is 3.10. The quantitative estimate of drug-likeness (QED) is 0.828. The van der Waals surface area contributed by atoms with Gasteiger partial charge in [0.05, 0.1) is 5.02 Å². The summed E-state index contributed by atoms with van der Waals surface area (Å²) in [5.74, 6) is 0.